The molecule has 10 nitrogen and oxygen atoms in total. The molecular formula is C23H29N5O5S. The zero-order valence-corrected chi connectivity index (χ0v) is 20.0. The van der Waals surface area contributed by atoms with Gasteiger partial charge in [0.2, 0.25) is 0 Å². The highest BCUT2D eigenvalue weighted by atomic mass is 32.2. The first-order valence-corrected chi connectivity index (χ1v) is 13.0. The van der Waals surface area contributed by atoms with Gasteiger partial charge in [-0.3, -0.25) is 4.79 Å². The second-order valence-corrected chi connectivity index (χ2v) is 10.6. The van der Waals surface area contributed by atoms with Crippen LogP contribution in [0.1, 0.15) is 15.9 Å². The Morgan fingerprint density at radius 2 is 1.62 bits per heavy atom. The Labute approximate surface area is 199 Å². The van der Waals surface area contributed by atoms with Crippen LogP contribution in [-0.4, -0.2) is 88.2 Å². The van der Waals surface area contributed by atoms with Crippen molar-refractivity contribution in [2.75, 3.05) is 67.7 Å². The van der Waals surface area contributed by atoms with Gasteiger partial charge in [-0.2, -0.15) is 0 Å². The Bertz CT molecular complexity index is 1100. The summed E-state index contributed by atoms with van der Waals surface area (Å²) in [4.78, 5) is 34.4. The summed E-state index contributed by atoms with van der Waals surface area (Å²) in [5, 5.41) is 2.91. The van der Waals surface area contributed by atoms with Gasteiger partial charge < -0.3 is 24.8 Å². The Kier molecular flexibility index (Phi) is 7.20. The fourth-order valence-electron chi connectivity index (χ4n) is 4.03. The largest absolute Gasteiger partial charge is 0.453 e. The van der Waals surface area contributed by atoms with Crippen LogP contribution >= 0.6 is 0 Å². The summed E-state index contributed by atoms with van der Waals surface area (Å²) in [6.45, 7) is 3.84. The van der Waals surface area contributed by atoms with Gasteiger partial charge in [0.1, 0.15) is 5.82 Å². The second kappa shape index (κ2) is 10.3. The molecule has 2 aliphatic heterocycles. The molecule has 34 heavy (non-hydrogen) atoms. The number of rotatable bonds is 5. The van der Waals surface area contributed by atoms with Crippen molar-refractivity contribution in [1.82, 2.24) is 15.2 Å². The molecule has 2 aromatic rings. The number of carbonyl (C=O) groups is 2. The van der Waals surface area contributed by atoms with Crippen LogP contribution in [0.25, 0.3) is 0 Å². The summed E-state index contributed by atoms with van der Waals surface area (Å²) in [5.41, 5.74) is 2.43. The fourth-order valence-corrected chi connectivity index (χ4v) is 5.24. The predicted octanol–water partition coefficient (Wildman–Crippen LogP) is 1.13. The topological polar surface area (TPSA) is 112 Å². The monoisotopic (exact) mass is 487 g/mol. The molecule has 3 heterocycles. The van der Waals surface area contributed by atoms with Gasteiger partial charge in [0.25, 0.3) is 5.91 Å². The average molecular weight is 488 g/mol. The lowest BCUT2D eigenvalue weighted by atomic mass is 10.1. The molecule has 11 heteroatoms. The van der Waals surface area contributed by atoms with Crippen molar-refractivity contribution in [3.63, 3.8) is 0 Å². The number of pyridine rings is 1. The van der Waals surface area contributed by atoms with Gasteiger partial charge in [-0.05, 0) is 35.9 Å². The molecule has 0 radical (unpaired) electrons. The molecule has 0 aliphatic carbocycles. The van der Waals surface area contributed by atoms with E-state index < -0.39 is 9.84 Å². The van der Waals surface area contributed by atoms with Gasteiger partial charge in [0.05, 0.1) is 18.6 Å². The van der Waals surface area contributed by atoms with Crippen LogP contribution < -0.4 is 15.1 Å². The summed E-state index contributed by atoms with van der Waals surface area (Å²) in [6.07, 6.45) is 1.40. The molecule has 2 aliphatic rings. The van der Waals surface area contributed by atoms with Gasteiger partial charge in [-0.25, -0.2) is 18.2 Å². The Morgan fingerprint density at radius 3 is 2.21 bits per heavy atom. The maximum absolute atomic E-state index is 12.6. The van der Waals surface area contributed by atoms with E-state index in [2.05, 4.69) is 15.2 Å². The van der Waals surface area contributed by atoms with Crippen molar-refractivity contribution >= 4 is 33.3 Å². The summed E-state index contributed by atoms with van der Waals surface area (Å²) in [6, 6.07) is 11.2. The van der Waals surface area contributed by atoms with Gasteiger partial charge in [-0.15, -0.1) is 0 Å². The molecular weight excluding hydrogens is 458 g/mol. The van der Waals surface area contributed by atoms with Crippen LogP contribution in [-0.2, 0) is 21.1 Å². The van der Waals surface area contributed by atoms with Crippen molar-refractivity contribution in [3.8, 4) is 0 Å². The molecule has 2 amide bonds. The Balaban J connectivity index is 1.26. The van der Waals surface area contributed by atoms with Gasteiger partial charge in [0.15, 0.2) is 9.84 Å². The minimum atomic E-state index is -2.93. The average Bonchev–Trinajstić information content (AvgIpc) is 2.87. The highest BCUT2D eigenvalue weighted by Gasteiger charge is 2.23. The highest BCUT2D eigenvalue weighted by Crippen LogP contribution is 2.18. The highest BCUT2D eigenvalue weighted by molar-refractivity contribution is 7.91. The molecule has 0 unspecified atom stereocenters. The third kappa shape index (κ3) is 5.77. The van der Waals surface area contributed by atoms with Crippen molar-refractivity contribution in [3.05, 3.63) is 53.7 Å². The number of amides is 2. The lowest BCUT2D eigenvalue weighted by Gasteiger charge is -2.35. The number of aromatic nitrogens is 1. The van der Waals surface area contributed by atoms with Crippen LogP contribution in [0.5, 0.6) is 0 Å². The number of ether oxygens (including phenoxy) is 1. The summed E-state index contributed by atoms with van der Waals surface area (Å²) < 4.78 is 27.9. The lowest BCUT2D eigenvalue weighted by Crippen LogP contribution is -2.48. The minimum absolute atomic E-state index is 0.148. The number of hydrogen-bond acceptors (Lipinski definition) is 8. The zero-order valence-electron chi connectivity index (χ0n) is 19.1. The van der Waals surface area contributed by atoms with E-state index in [1.54, 1.807) is 23.2 Å². The smallest absolute Gasteiger partial charge is 0.409 e. The molecule has 4 rings (SSSR count). The number of methoxy groups -OCH3 is 1. The Hall–Kier alpha value is -3.34. The maximum Gasteiger partial charge on any atom is 0.409 e. The third-order valence-corrected chi connectivity index (χ3v) is 7.75. The zero-order chi connectivity index (χ0) is 24.1. The molecule has 1 aromatic carbocycles. The normalized spacial score (nSPS) is 17.9. The van der Waals surface area contributed by atoms with Crippen molar-refractivity contribution < 1.29 is 22.7 Å². The van der Waals surface area contributed by atoms with E-state index in [1.807, 2.05) is 29.2 Å². The number of nitrogens with one attached hydrogen (secondary N) is 1. The Morgan fingerprint density at radius 1 is 0.941 bits per heavy atom. The predicted molar refractivity (Wildman–Crippen MR) is 129 cm³/mol. The number of piperazine rings is 1. The molecule has 0 atom stereocenters. The number of benzene rings is 1. The first kappa shape index (κ1) is 23.8. The third-order valence-electron chi connectivity index (χ3n) is 6.14. The van der Waals surface area contributed by atoms with E-state index >= 15 is 0 Å². The van der Waals surface area contributed by atoms with Crippen LogP contribution in [0.4, 0.5) is 16.3 Å². The SMILES string of the molecule is COC(=O)N1CCN(c2ccc(C(=O)NCc3ccc(N4CCS(=O)(=O)CC4)nc3)cc2)CC1. The molecule has 1 aromatic heterocycles. The van der Waals surface area contributed by atoms with E-state index in [9.17, 15) is 18.0 Å². The van der Waals surface area contributed by atoms with Gasteiger partial charge in [-0.1, -0.05) is 6.07 Å². The number of anilines is 2. The van der Waals surface area contributed by atoms with Crippen molar-refractivity contribution in [2.45, 2.75) is 6.54 Å². The molecule has 2 fully saturated rings. The molecule has 1 N–H and O–H groups in total. The molecule has 0 bridgehead atoms. The maximum atomic E-state index is 12.6. The number of carbonyl (C=O) groups excluding carboxylic acids is 2. The molecule has 182 valence electrons. The van der Waals surface area contributed by atoms with E-state index in [0.717, 1.165) is 17.1 Å². The first-order chi connectivity index (χ1) is 16.3. The summed E-state index contributed by atoms with van der Waals surface area (Å²) in [5.74, 6) is 0.865. The molecule has 2 saturated heterocycles. The van der Waals surface area contributed by atoms with E-state index in [0.29, 0.717) is 51.4 Å². The minimum Gasteiger partial charge on any atom is -0.453 e. The van der Waals surface area contributed by atoms with E-state index in [4.69, 9.17) is 4.74 Å². The van der Waals surface area contributed by atoms with Gasteiger partial charge in [0, 0.05) is 63.3 Å². The summed E-state index contributed by atoms with van der Waals surface area (Å²) in [7, 11) is -1.55. The van der Waals surface area contributed by atoms with Gasteiger partial charge >= 0.3 is 6.09 Å². The van der Waals surface area contributed by atoms with E-state index in [1.165, 1.54) is 7.11 Å². The quantitative estimate of drug-likeness (QED) is 0.668. The first-order valence-electron chi connectivity index (χ1n) is 11.2. The van der Waals surface area contributed by atoms with Crippen molar-refractivity contribution in [2.24, 2.45) is 0 Å². The summed E-state index contributed by atoms with van der Waals surface area (Å²) >= 11 is 0. The van der Waals surface area contributed by atoms with Crippen LogP contribution in [0.3, 0.4) is 0 Å². The van der Waals surface area contributed by atoms with Crippen LogP contribution in [0, 0.1) is 0 Å². The van der Waals surface area contributed by atoms with Crippen molar-refractivity contribution in [1.29, 1.82) is 0 Å². The molecule has 0 saturated carbocycles. The fraction of sp³-hybridized carbons (Fsp3) is 0.435. The van der Waals surface area contributed by atoms with Crippen LogP contribution in [0.2, 0.25) is 0 Å². The standard InChI is InChI=1S/C23H29N5O5S/c1-33-23(30)28-10-8-26(9-11-28)20-5-3-19(4-6-20)22(29)25-17-18-2-7-21(24-16-18)27-12-14-34(31,32)15-13-27/h2-7,16H,8-15,17H2,1H3,(H,25,29). The number of nitrogens with zero attached hydrogens (tertiary/aromatic N) is 4. The molecule has 0 spiro atoms. The number of sulfone groups is 1. The number of hydrogen-bond donors (Lipinski definition) is 1. The second-order valence-electron chi connectivity index (χ2n) is 8.34. The van der Waals surface area contributed by atoms with E-state index in [-0.39, 0.29) is 23.5 Å². The lowest BCUT2D eigenvalue weighted by molar-refractivity contribution is 0.0950. The van der Waals surface area contributed by atoms with Crippen LogP contribution in [0.15, 0.2) is 42.6 Å².